The predicted molar refractivity (Wildman–Crippen MR) is 80.1 cm³/mol. The number of nitrogens with zero attached hydrogens (tertiary/aromatic N) is 3. The maximum Gasteiger partial charge on any atom is 0.387 e. The number of benzene rings is 1. The number of alkyl halides is 2. The van der Waals surface area contributed by atoms with Gasteiger partial charge in [0.1, 0.15) is 5.75 Å². The van der Waals surface area contributed by atoms with Crippen LogP contribution in [0.4, 0.5) is 8.78 Å². The Balaban J connectivity index is 1.84. The van der Waals surface area contributed by atoms with Crippen molar-refractivity contribution in [2.75, 3.05) is 6.54 Å². The molecular weight excluding hydrogens is 322 g/mol. The zero-order chi connectivity index (χ0) is 17.4. The number of ether oxygens (including phenoxy) is 1. The molecule has 1 aliphatic heterocycles. The van der Waals surface area contributed by atoms with Gasteiger partial charge in [-0.15, -0.1) is 0 Å². The number of hydrogen-bond acceptors (Lipinski definition) is 4. The molecule has 0 radical (unpaired) electrons. The summed E-state index contributed by atoms with van der Waals surface area (Å²) in [5.41, 5.74) is 1.02. The molecule has 0 spiro atoms. The summed E-state index contributed by atoms with van der Waals surface area (Å²) >= 11 is 0. The van der Waals surface area contributed by atoms with E-state index in [1.165, 1.54) is 16.7 Å². The van der Waals surface area contributed by atoms with E-state index in [1.54, 1.807) is 18.7 Å². The van der Waals surface area contributed by atoms with Crippen LogP contribution in [-0.4, -0.2) is 38.7 Å². The van der Waals surface area contributed by atoms with Gasteiger partial charge in [-0.2, -0.15) is 13.9 Å². The third-order valence-electron chi connectivity index (χ3n) is 3.96. The summed E-state index contributed by atoms with van der Waals surface area (Å²) in [6.07, 6.45) is 0. The van der Waals surface area contributed by atoms with Crippen LogP contribution in [0, 0.1) is 13.8 Å². The molecule has 1 amide bonds. The standard InChI is InChI=1S/C15H16F2N4O3/c1-8-5-10(6-9(2)12(8)24-14(16)17)13(22)20-3-4-21-11(7-20)18-19-15(21)23/h5-6,14H,3-4,7H2,1-2H3,(H,19,23). The molecule has 128 valence electrons. The van der Waals surface area contributed by atoms with Crippen LogP contribution < -0.4 is 10.4 Å². The van der Waals surface area contributed by atoms with Gasteiger partial charge in [-0.25, -0.2) is 9.89 Å². The van der Waals surface area contributed by atoms with Crippen LogP contribution in [-0.2, 0) is 13.1 Å². The number of halogens is 2. The molecule has 0 atom stereocenters. The minimum Gasteiger partial charge on any atom is -0.434 e. The molecule has 7 nitrogen and oxygen atoms in total. The van der Waals surface area contributed by atoms with Gasteiger partial charge in [-0.1, -0.05) is 0 Å². The maximum absolute atomic E-state index is 12.7. The summed E-state index contributed by atoms with van der Waals surface area (Å²) in [5.74, 6) is 0.332. The molecule has 0 saturated heterocycles. The van der Waals surface area contributed by atoms with Crippen molar-refractivity contribution in [2.45, 2.75) is 33.5 Å². The summed E-state index contributed by atoms with van der Waals surface area (Å²) in [4.78, 5) is 25.7. The molecule has 2 heterocycles. The average Bonchev–Trinajstić information content (AvgIpc) is 2.90. The summed E-state index contributed by atoms with van der Waals surface area (Å²) < 4.78 is 30.9. The highest BCUT2D eigenvalue weighted by molar-refractivity contribution is 5.95. The highest BCUT2D eigenvalue weighted by atomic mass is 19.3. The number of nitrogens with one attached hydrogen (secondary N) is 1. The number of amides is 1. The molecule has 1 aromatic heterocycles. The van der Waals surface area contributed by atoms with Crippen LogP contribution >= 0.6 is 0 Å². The number of fused-ring (bicyclic) bond motifs is 1. The highest BCUT2D eigenvalue weighted by Crippen LogP contribution is 2.27. The van der Waals surface area contributed by atoms with E-state index in [1.807, 2.05) is 0 Å². The van der Waals surface area contributed by atoms with Crippen molar-refractivity contribution in [3.8, 4) is 5.75 Å². The molecule has 1 aliphatic rings. The topological polar surface area (TPSA) is 80.2 Å². The predicted octanol–water partition coefficient (Wildman–Crippen LogP) is 1.45. The normalized spacial score (nSPS) is 14.0. The first-order valence-corrected chi connectivity index (χ1v) is 7.36. The fourth-order valence-electron chi connectivity index (χ4n) is 2.88. The number of aromatic nitrogens is 3. The summed E-state index contributed by atoms with van der Waals surface area (Å²) in [6, 6.07) is 3.05. The molecule has 3 rings (SSSR count). The Bertz CT molecular complexity index is 820. The second-order valence-electron chi connectivity index (χ2n) is 5.64. The third-order valence-corrected chi connectivity index (χ3v) is 3.96. The van der Waals surface area contributed by atoms with Gasteiger partial charge in [-0.05, 0) is 37.1 Å². The summed E-state index contributed by atoms with van der Waals surface area (Å²) in [7, 11) is 0. The fourth-order valence-corrected chi connectivity index (χ4v) is 2.88. The van der Waals surface area contributed by atoms with Gasteiger partial charge in [0.25, 0.3) is 5.91 Å². The minimum absolute atomic E-state index is 0.0846. The van der Waals surface area contributed by atoms with Crippen LogP contribution in [0.1, 0.15) is 27.3 Å². The Hall–Kier alpha value is -2.71. The second-order valence-corrected chi connectivity index (χ2v) is 5.64. The molecule has 0 bridgehead atoms. The molecule has 1 N–H and O–H groups in total. The lowest BCUT2D eigenvalue weighted by Gasteiger charge is -2.27. The first-order valence-electron chi connectivity index (χ1n) is 7.36. The van der Waals surface area contributed by atoms with Gasteiger partial charge in [0.05, 0.1) is 6.54 Å². The second kappa shape index (κ2) is 6.06. The van der Waals surface area contributed by atoms with Crippen LogP contribution in [0.5, 0.6) is 5.75 Å². The van der Waals surface area contributed by atoms with Gasteiger partial charge in [0.2, 0.25) is 0 Å². The van der Waals surface area contributed by atoms with E-state index < -0.39 is 6.61 Å². The molecule has 9 heteroatoms. The van der Waals surface area contributed by atoms with Crippen molar-refractivity contribution in [3.63, 3.8) is 0 Å². The maximum atomic E-state index is 12.7. The van der Waals surface area contributed by atoms with E-state index in [0.29, 0.717) is 35.6 Å². The lowest BCUT2D eigenvalue weighted by molar-refractivity contribution is -0.0507. The van der Waals surface area contributed by atoms with Gasteiger partial charge in [0.15, 0.2) is 5.82 Å². The molecule has 0 saturated carbocycles. The molecule has 0 fully saturated rings. The van der Waals surface area contributed by atoms with E-state index in [9.17, 15) is 18.4 Å². The van der Waals surface area contributed by atoms with E-state index in [-0.39, 0.29) is 23.9 Å². The minimum atomic E-state index is -2.91. The number of hydrogen-bond donors (Lipinski definition) is 1. The number of rotatable bonds is 3. The lowest BCUT2D eigenvalue weighted by Crippen LogP contribution is -2.40. The number of aryl methyl sites for hydroxylation is 2. The van der Waals surface area contributed by atoms with E-state index >= 15 is 0 Å². The van der Waals surface area contributed by atoms with E-state index in [4.69, 9.17) is 0 Å². The monoisotopic (exact) mass is 338 g/mol. The average molecular weight is 338 g/mol. The zero-order valence-electron chi connectivity index (χ0n) is 13.2. The summed E-state index contributed by atoms with van der Waals surface area (Å²) in [6.45, 7) is 1.26. The van der Waals surface area contributed by atoms with Crippen molar-refractivity contribution in [3.05, 3.63) is 45.1 Å². The Morgan fingerprint density at radius 2 is 1.96 bits per heavy atom. The number of aromatic amines is 1. The van der Waals surface area contributed by atoms with Gasteiger partial charge >= 0.3 is 12.3 Å². The first kappa shape index (κ1) is 16.2. The van der Waals surface area contributed by atoms with Gasteiger partial charge in [-0.3, -0.25) is 9.36 Å². The molecule has 24 heavy (non-hydrogen) atoms. The summed E-state index contributed by atoms with van der Waals surface area (Å²) in [5, 5.41) is 6.25. The van der Waals surface area contributed by atoms with E-state index in [2.05, 4.69) is 14.9 Å². The number of H-pyrrole nitrogens is 1. The number of carbonyl (C=O) groups excluding carboxylic acids is 1. The SMILES string of the molecule is Cc1cc(C(=O)N2CCn3c(n[nH]c3=O)C2)cc(C)c1OC(F)F. The van der Waals surface area contributed by atoms with Crippen molar-refractivity contribution in [1.82, 2.24) is 19.7 Å². The van der Waals surface area contributed by atoms with Gasteiger partial charge < -0.3 is 9.64 Å². The Morgan fingerprint density at radius 1 is 1.29 bits per heavy atom. The molecular formula is C15H16F2N4O3. The highest BCUT2D eigenvalue weighted by Gasteiger charge is 2.25. The largest absolute Gasteiger partial charge is 0.434 e. The quantitative estimate of drug-likeness (QED) is 0.918. The van der Waals surface area contributed by atoms with E-state index in [0.717, 1.165) is 0 Å². The smallest absolute Gasteiger partial charge is 0.387 e. The van der Waals surface area contributed by atoms with Crippen LogP contribution in [0.3, 0.4) is 0 Å². The van der Waals surface area contributed by atoms with Crippen LogP contribution in [0.15, 0.2) is 16.9 Å². The zero-order valence-corrected chi connectivity index (χ0v) is 13.2. The Kier molecular flexibility index (Phi) is 4.08. The van der Waals surface area contributed by atoms with Crippen LogP contribution in [0.25, 0.3) is 0 Å². The molecule has 1 aromatic carbocycles. The number of carbonyl (C=O) groups is 1. The lowest BCUT2D eigenvalue weighted by atomic mass is 10.0. The first-order chi connectivity index (χ1) is 11.4. The molecule has 0 aliphatic carbocycles. The van der Waals surface area contributed by atoms with Crippen molar-refractivity contribution in [1.29, 1.82) is 0 Å². The Labute approximate surface area is 135 Å². The molecule has 0 unspecified atom stereocenters. The molecule has 2 aromatic rings. The van der Waals surface area contributed by atoms with Crippen molar-refractivity contribution in [2.24, 2.45) is 0 Å². The van der Waals surface area contributed by atoms with Crippen molar-refractivity contribution >= 4 is 5.91 Å². The van der Waals surface area contributed by atoms with Crippen LogP contribution in [0.2, 0.25) is 0 Å². The Morgan fingerprint density at radius 3 is 2.58 bits per heavy atom. The van der Waals surface area contributed by atoms with Crippen molar-refractivity contribution < 1.29 is 18.3 Å². The fraction of sp³-hybridized carbons (Fsp3) is 0.400. The van der Waals surface area contributed by atoms with Gasteiger partial charge in [0, 0.05) is 18.7 Å². The third kappa shape index (κ3) is 2.89.